The number of hydrogen-bond donors (Lipinski definition) is 0. The summed E-state index contributed by atoms with van der Waals surface area (Å²) in [5, 5.41) is 11.3. The van der Waals surface area contributed by atoms with Gasteiger partial charge in [-0.25, -0.2) is 0 Å². The molecule has 284 valence electrons. The van der Waals surface area contributed by atoms with Crippen LogP contribution in [0.15, 0.2) is 203 Å². The summed E-state index contributed by atoms with van der Waals surface area (Å²) in [6.45, 7) is 4.27. The summed E-state index contributed by atoms with van der Waals surface area (Å²) >= 11 is 0. The summed E-state index contributed by atoms with van der Waals surface area (Å²) in [7, 11) is 0. The zero-order valence-corrected chi connectivity index (χ0v) is 33.2. The standard InChI is InChI=1S/C56H38N2O2/c1-35-25-29-37(30-26-35)57(49-21-11-19-45-43-17-7-9-23-53(43)59-55(45)49)51-33-47-40-14-4-6-16-42(40)52(34-48(47)39-13-3-5-15-41(39)51)58(38-31-27-36(2)28-32-38)50-22-12-20-46-44-18-8-10-24-54(44)60-56(46)50/h3-34H,1-2H3. The van der Waals surface area contributed by atoms with Gasteiger partial charge in [0, 0.05) is 43.7 Å². The number of anilines is 6. The lowest BCUT2D eigenvalue weighted by atomic mass is 9.93. The van der Waals surface area contributed by atoms with E-state index in [2.05, 4.69) is 206 Å². The summed E-state index contributed by atoms with van der Waals surface area (Å²) in [4.78, 5) is 4.77. The van der Waals surface area contributed by atoms with Crippen LogP contribution in [0.3, 0.4) is 0 Å². The monoisotopic (exact) mass is 770 g/mol. The van der Waals surface area contributed by atoms with E-state index in [1.807, 2.05) is 12.1 Å². The van der Waals surface area contributed by atoms with Crippen molar-refractivity contribution in [2.75, 3.05) is 9.80 Å². The fourth-order valence-electron chi connectivity index (χ4n) is 9.30. The van der Waals surface area contributed by atoms with E-state index >= 15 is 0 Å². The van der Waals surface area contributed by atoms with Crippen LogP contribution in [0.4, 0.5) is 34.1 Å². The fraction of sp³-hybridized carbons (Fsp3) is 0.0357. The Hall–Kier alpha value is -7.82. The lowest BCUT2D eigenvalue weighted by Gasteiger charge is -2.30. The minimum Gasteiger partial charge on any atom is -0.454 e. The molecule has 0 saturated carbocycles. The molecule has 12 rings (SSSR count). The summed E-state index contributed by atoms with van der Waals surface area (Å²) in [5.41, 5.74) is 12.1. The van der Waals surface area contributed by atoms with Crippen LogP contribution >= 0.6 is 0 Å². The molecule has 2 aromatic heterocycles. The molecule has 0 unspecified atom stereocenters. The molecule has 0 N–H and O–H groups in total. The average molecular weight is 771 g/mol. The molecule has 0 amide bonds. The highest BCUT2D eigenvalue weighted by Gasteiger charge is 2.25. The minimum atomic E-state index is 0.858. The molecule has 0 bridgehead atoms. The quantitative estimate of drug-likeness (QED) is 0.158. The van der Waals surface area contributed by atoms with E-state index in [1.165, 1.54) is 21.9 Å². The van der Waals surface area contributed by atoms with Crippen molar-refractivity contribution >= 4 is 110 Å². The van der Waals surface area contributed by atoms with Crippen molar-refractivity contribution in [2.45, 2.75) is 13.8 Å². The second-order valence-corrected chi connectivity index (χ2v) is 15.8. The van der Waals surface area contributed by atoms with Crippen LogP contribution in [-0.4, -0.2) is 0 Å². The summed E-state index contributed by atoms with van der Waals surface area (Å²) in [6.07, 6.45) is 0. The molecule has 2 heterocycles. The Balaban J connectivity index is 1.17. The number of para-hydroxylation sites is 4. The van der Waals surface area contributed by atoms with E-state index in [0.717, 1.165) is 99.5 Å². The van der Waals surface area contributed by atoms with Gasteiger partial charge < -0.3 is 18.6 Å². The largest absolute Gasteiger partial charge is 0.454 e. The number of fused-ring (bicyclic) bond motifs is 11. The first-order valence-corrected chi connectivity index (χ1v) is 20.5. The highest BCUT2D eigenvalue weighted by molar-refractivity contribution is 6.25. The number of rotatable bonds is 6. The van der Waals surface area contributed by atoms with Crippen LogP contribution in [0.1, 0.15) is 11.1 Å². The van der Waals surface area contributed by atoms with Gasteiger partial charge in [-0.3, -0.25) is 0 Å². The molecule has 0 saturated heterocycles. The Kier molecular flexibility index (Phi) is 7.63. The second-order valence-electron chi connectivity index (χ2n) is 15.8. The number of aryl methyl sites for hydroxylation is 2. The molecular weight excluding hydrogens is 733 g/mol. The van der Waals surface area contributed by atoms with Gasteiger partial charge in [-0.15, -0.1) is 0 Å². The highest BCUT2D eigenvalue weighted by atomic mass is 16.3. The Bertz CT molecular complexity index is 3390. The number of nitrogens with zero attached hydrogens (tertiary/aromatic N) is 2. The SMILES string of the molecule is Cc1ccc(N(c2cc3c4ccccc4c(N(c4ccc(C)cc4)c4cccc5c4oc4ccccc45)cc3c3ccccc23)c2cccc3c2oc2ccccc23)cc1. The van der Waals surface area contributed by atoms with E-state index in [0.29, 0.717) is 0 Å². The maximum atomic E-state index is 6.73. The van der Waals surface area contributed by atoms with Gasteiger partial charge >= 0.3 is 0 Å². The Morgan fingerprint density at radius 2 is 0.633 bits per heavy atom. The van der Waals surface area contributed by atoms with Gasteiger partial charge in [0.25, 0.3) is 0 Å². The van der Waals surface area contributed by atoms with E-state index < -0.39 is 0 Å². The van der Waals surface area contributed by atoms with Crippen LogP contribution < -0.4 is 9.80 Å². The van der Waals surface area contributed by atoms with E-state index in [-0.39, 0.29) is 0 Å². The molecule has 60 heavy (non-hydrogen) atoms. The molecule has 4 heteroatoms. The third kappa shape index (κ3) is 5.24. The third-order valence-corrected chi connectivity index (χ3v) is 12.2. The maximum Gasteiger partial charge on any atom is 0.159 e. The van der Waals surface area contributed by atoms with E-state index in [4.69, 9.17) is 8.83 Å². The van der Waals surface area contributed by atoms with Gasteiger partial charge in [0.1, 0.15) is 11.2 Å². The fourth-order valence-corrected chi connectivity index (χ4v) is 9.30. The molecule has 0 aliphatic rings. The molecule has 0 radical (unpaired) electrons. The van der Waals surface area contributed by atoms with Crippen molar-refractivity contribution in [1.82, 2.24) is 0 Å². The number of hydrogen-bond acceptors (Lipinski definition) is 4. The predicted molar refractivity (Wildman–Crippen MR) is 252 cm³/mol. The highest BCUT2D eigenvalue weighted by Crippen LogP contribution is 2.50. The Labute approximate surface area is 346 Å². The maximum absolute atomic E-state index is 6.73. The lowest BCUT2D eigenvalue weighted by Crippen LogP contribution is -2.12. The van der Waals surface area contributed by atoms with Crippen molar-refractivity contribution < 1.29 is 8.83 Å². The minimum absolute atomic E-state index is 0.858. The van der Waals surface area contributed by atoms with Crippen molar-refractivity contribution in [3.8, 4) is 0 Å². The summed E-state index contributed by atoms with van der Waals surface area (Å²) in [5.74, 6) is 0. The molecule has 0 fully saturated rings. The molecule has 4 nitrogen and oxygen atoms in total. The Morgan fingerprint density at radius 1 is 0.283 bits per heavy atom. The lowest BCUT2D eigenvalue weighted by molar-refractivity contribution is 0.669. The van der Waals surface area contributed by atoms with Gasteiger partial charge in [-0.05, 0) is 96.1 Å². The van der Waals surface area contributed by atoms with Crippen molar-refractivity contribution in [3.63, 3.8) is 0 Å². The van der Waals surface area contributed by atoms with Crippen molar-refractivity contribution in [2.24, 2.45) is 0 Å². The summed E-state index contributed by atoms with van der Waals surface area (Å²) < 4.78 is 13.5. The molecule has 10 aromatic carbocycles. The van der Waals surface area contributed by atoms with Crippen molar-refractivity contribution in [1.29, 1.82) is 0 Å². The van der Waals surface area contributed by atoms with Gasteiger partial charge in [-0.2, -0.15) is 0 Å². The molecule has 0 spiro atoms. The number of furan rings is 2. The zero-order chi connectivity index (χ0) is 39.9. The second kappa shape index (κ2) is 13.4. The molecular formula is C56H38N2O2. The molecule has 0 aliphatic carbocycles. The van der Waals surface area contributed by atoms with Crippen LogP contribution in [-0.2, 0) is 0 Å². The first-order valence-electron chi connectivity index (χ1n) is 20.5. The van der Waals surface area contributed by atoms with Crippen LogP contribution in [0.2, 0.25) is 0 Å². The van der Waals surface area contributed by atoms with Gasteiger partial charge in [-0.1, -0.05) is 145 Å². The smallest absolute Gasteiger partial charge is 0.159 e. The Morgan fingerprint density at radius 3 is 1.05 bits per heavy atom. The molecule has 0 aliphatic heterocycles. The predicted octanol–water partition coefficient (Wildman–Crippen LogP) is 16.5. The number of benzene rings is 10. The normalized spacial score (nSPS) is 11.8. The van der Waals surface area contributed by atoms with Crippen molar-refractivity contribution in [3.05, 3.63) is 205 Å². The van der Waals surface area contributed by atoms with Crippen LogP contribution in [0.25, 0.3) is 76.2 Å². The first-order chi connectivity index (χ1) is 29.6. The van der Waals surface area contributed by atoms with Crippen LogP contribution in [0.5, 0.6) is 0 Å². The van der Waals surface area contributed by atoms with Gasteiger partial charge in [0.2, 0.25) is 0 Å². The zero-order valence-electron chi connectivity index (χ0n) is 33.2. The van der Waals surface area contributed by atoms with Crippen LogP contribution in [0, 0.1) is 13.8 Å². The van der Waals surface area contributed by atoms with E-state index in [1.54, 1.807) is 0 Å². The van der Waals surface area contributed by atoms with Gasteiger partial charge in [0.05, 0.1) is 22.7 Å². The van der Waals surface area contributed by atoms with E-state index in [9.17, 15) is 0 Å². The topological polar surface area (TPSA) is 32.8 Å². The molecule has 0 atom stereocenters. The third-order valence-electron chi connectivity index (χ3n) is 12.2. The van der Waals surface area contributed by atoms with Gasteiger partial charge in [0.15, 0.2) is 11.2 Å². The summed E-state index contributed by atoms with van der Waals surface area (Å²) in [6, 6.07) is 69.7. The first kappa shape index (κ1) is 34.2. The average Bonchev–Trinajstić information content (AvgIpc) is 3.88. The molecule has 12 aromatic rings.